The van der Waals surface area contributed by atoms with Crippen LogP contribution in [0.2, 0.25) is 0 Å². The Labute approximate surface area is 218 Å². The van der Waals surface area contributed by atoms with Gasteiger partial charge < -0.3 is 19.1 Å². The van der Waals surface area contributed by atoms with Gasteiger partial charge in [-0.25, -0.2) is 9.79 Å². The number of aliphatic imine (C=N–C) groups is 1. The molecule has 0 saturated heterocycles. The highest BCUT2D eigenvalue weighted by atomic mass is 127. The number of carbonyl (C=O) groups excluding carboxylic acids is 1. The summed E-state index contributed by atoms with van der Waals surface area (Å²) in [4.78, 5) is 19.6. The van der Waals surface area contributed by atoms with E-state index in [1.54, 1.807) is 0 Å². The Hall–Kier alpha value is -2.46. The predicted molar refractivity (Wildman–Crippen MR) is 144 cm³/mol. The molecule has 1 atom stereocenters. The summed E-state index contributed by atoms with van der Waals surface area (Å²) in [6.45, 7) is 8.92. The first kappa shape index (κ1) is 24.7. The molecular formula is C26H27IN2O4S. The second kappa shape index (κ2) is 10.9. The number of benzene rings is 2. The van der Waals surface area contributed by atoms with E-state index in [1.165, 1.54) is 17.3 Å². The van der Waals surface area contributed by atoms with Crippen LogP contribution in [0.15, 0.2) is 64.3 Å². The van der Waals surface area contributed by atoms with Gasteiger partial charge in [0.05, 0.1) is 34.1 Å². The molecule has 0 amide bonds. The molecule has 0 radical (unpaired) electrons. The zero-order valence-corrected chi connectivity index (χ0v) is 22.6. The smallest absolute Gasteiger partial charge is 0.338 e. The molecular weight excluding hydrogens is 563 g/mol. The Morgan fingerprint density at radius 2 is 1.88 bits per heavy atom. The molecule has 0 bridgehead atoms. The fraction of sp³-hybridized carbons (Fsp3) is 0.308. The molecule has 4 rings (SSSR count). The molecule has 178 valence electrons. The van der Waals surface area contributed by atoms with Gasteiger partial charge in [0.15, 0.2) is 16.7 Å². The Kier molecular flexibility index (Phi) is 7.88. The zero-order valence-electron chi connectivity index (χ0n) is 19.6. The molecule has 2 heterocycles. The highest BCUT2D eigenvalue weighted by Crippen LogP contribution is 2.44. The third-order valence-electron chi connectivity index (χ3n) is 5.47. The van der Waals surface area contributed by atoms with Gasteiger partial charge in [-0.1, -0.05) is 41.6 Å². The van der Waals surface area contributed by atoms with Crippen LogP contribution in [0.4, 0.5) is 0 Å². The standard InChI is InChI=1S/C26H27IN2O4S/c1-5-31-21-14-19(13-20(27)24(21)33-15-18-9-7-16(3)8-10-18)23-22(25(30)32-6-2)17(4)28-26-29(23)11-12-34-26/h7-14,23H,5-6,15H2,1-4H3/t23-/m0/s1. The van der Waals surface area contributed by atoms with E-state index in [-0.39, 0.29) is 12.0 Å². The average molecular weight is 590 g/mol. The van der Waals surface area contributed by atoms with Gasteiger partial charge in [0.25, 0.3) is 0 Å². The maximum atomic E-state index is 13.0. The monoisotopic (exact) mass is 590 g/mol. The van der Waals surface area contributed by atoms with Crippen LogP contribution in [0.5, 0.6) is 11.5 Å². The van der Waals surface area contributed by atoms with E-state index in [4.69, 9.17) is 14.2 Å². The topological polar surface area (TPSA) is 60.4 Å². The second-order valence-electron chi connectivity index (χ2n) is 7.86. The van der Waals surface area contributed by atoms with Crippen molar-refractivity contribution < 1.29 is 19.0 Å². The van der Waals surface area contributed by atoms with E-state index < -0.39 is 0 Å². The van der Waals surface area contributed by atoms with E-state index in [0.717, 1.165) is 19.9 Å². The lowest BCUT2D eigenvalue weighted by Gasteiger charge is -2.33. The lowest BCUT2D eigenvalue weighted by molar-refractivity contribution is -0.139. The number of rotatable bonds is 8. The Balaban J connectivity index is 1.72. The third-order valence-corrected chi connectivity index (χ3v) is 7.04. The predicted octanol–water partition coefficient (Wildman–Crippen LogP) is 6.35. The molecule has 6 nitrogen and oxygen atoms in total. The van der Waals surface area contributed by atoms with Gasteiger partial charge in [-0.05, 0) is 79.0 Å². The number of ether oxygens (including phenoxy) is 3. The van der Waals surface area contributed by atoms with Crippen LogP contribution in [-0.2, 0) is 16.1 Å². The molecule has 0 N–H and O–H groups in total. The minimum Gasteiger partial charge on any atom is -0.490 e. The van der Waals surface area contributed by atoms with Gasteiger partial charge in [-0.15, -0.1) is 0 Å². The van der Waals surface area contributed by atoms with Crippen molar-refractivity contribution in [1.82, 2.24) is 4.90 Å². The van der Waals surface area contributed by atoms with Gasteiger partial charge in [0, 0.05) is 6.20 Å². The number of amidine groups is 1. The van der Waals surface area contributed by atoms with Crippen molar-refractivity contribution in [2.75, 3.05) is 13.2 Å². The number of hydrogen-bond acceptors (Lipinski definition) is 7. The van der Waals surface area contributed by atoms with E-state index in [0.29, 0.717) is 42.6 Å². The zero-order chi connectivity index (χ0) is 24.2. The van der Waals surface area contributed by atoms with Crippen LogP contribution in [0.25, 0.3) is 0 Å². The summed E-state index contributed by atoms with van der Waals surface area (Å²) in [7, 11) is 0. The number of allylic oxidation sites excluding steroid dienone is 1. The summed E-state index contributed by atoms with van der Waals surface area (Å²) >= 11 is 3.81. The number of aryl methyl sites for hydroxylation is 1. The second-order valence-corrected chi connectivity index (χ2v) is 9.90. The number of fused-ring (bicyclic) bond motifs is 1. The molecule has 2 aliphatic rings. The Morgan fingerprint density at radius 3 is 2.59 bits per heavy atom. The molecule has 2 aliphatic heterocycles. The van der Waals surface area contributed by atoms with Crippen LogP contribution in [0.1, 0.15) is 43.5 Å². The first-order valence-corrected chi connectivity index (χ1v) is 13.1. The maximum Gasteiger partial charge on any atom is 0.338 e. The fourth-order valence-corrected chi connectivity index (χ4v) is 5.46. The van der Waals surface area contributed by atoms with Crippen molar-refractivity contribution in [3.63, 3.8) is 0 Å². The molecule has 0 saturated carbocycles. The molecule has 0 spiro atoms. The van der Waals surface area contributed by atoms with Crippen LogP contribution >= 0.6 is 34.4 Å². The summed E-state index contributed by atoms with van der Waals surface area (Å²) in [6.07, 6.45) is 1.95. The molecule has 34 heavy (non-hydrogen) atoms. The molecule has 2 aromatic carbocycles. The minimum atomic E-state index is -0.364. The lowest BCUT2D eigenvalue weighted by atomic mass is 9.94. The van der Waals surface area contributed by atoms with Crippen LogP contribution in [0, 0.1) is 10.5 Å². The summed E-state index contributed by atoms with van der Waals surface area (Å²) in [6, 6.07) is 11.9. The normalized spacial score (nSPS) is 16.9. The minimum absolute atomic E-state index is 0.303. The van der Waals surface area contributed by atoms with Gasteiger partial charge in [0.1, 0.15) is 6.61 Å². The van der Waals surface area contributed by atoms with Gasteiger partial charge in [0.2, 0.25) is 0 Å². The SMILES string of the molecule is CCOC(=O)C1=C(C)N=C2SC=CN2[C@H]1c1cc(I)c(OCc2ccc(C)cc2)c(OCC)c1. The highest BCUT2D eigenvalue weighted by molar-refractivity contribution is 14.1. The number of carbonyl (C=O) groups is 1. The summed E-state index contributed by atoms with van der Waals surface area (Å²) < 4.78 is 18.5. The molecule has 0 fully saturated rings. The van der Waals surface area contributed by atoms with E-state index in [1.807, 2.05) is 49.4 Å². The van der Waals surface area contributed by atoms with Crippen molar-refractivity contribution in [1.29, 1.82) is 0 Å². The van der Waals surface area contributed by atoms with Gasteiger partial charge in [-0.2, -0.15) is 0 Å². The first-order valence-electron chi connectivity index (χ1n) is 11.2. The van der Waals surface area contributed by atoms with Crippen LogP contribution in [0.3, 0.4) is 0 Å². The average Bonchev–Trinajstić information content (AvgIpc) is 3.27. The number of nitrogens with zero attached hydrogens (tertiary/aromatic N) is 2. The highest BCUT2D eigenvalue weighted by Gasteiger charge is 2.38. The molecule has 0 aromatic heterocycles. The van der Waals surface area contributed by atoms with E-state index in [2.05, 4.69) is 58.8 Å². The number of hydrogen-bond donors (Lipinski definition) is 0. The summed E-state index contributed by atoms with van der Waals surface area (Å²) in [5, 5.41) is 2.81. The Bertz CT molecular complexity index is 1170. The quantitative estimate of drug-likeness (QED) is 0.264. The van der Waals surface area contributed by atoms with Crippen molar-refractivity contribution in [3.8, 4) is 11.5 Å². The maximum absolute atomic E-state index is 13.0. The van der Waals surface area contributed by atoms with Gasteiger partial charge >= 0.3 is 5.97 Å². The van der Waals surface area contributed by atoms with Crippen LogP contribution in [-0.4, -0.2) is 29.3 Å². The number of esters is 1. The van der Waals surface area contributed by atoms with Crippen molar-refractivity contribution in [2.45, 2.75) is 40.3 Å². The van der Waals surface area contributed by atoms with E-state index >= 15 is 0 Å². The molecule has 0 aliphatic carbocycles. The molecule has 0 unspecified atom stereocenters. The van der Waals surface area contributed by atoms with Crippen molar-refractivity contribution in [2.24, 2.45) is 4.99 Å². The fourth-order valence-electron chi connectivity index (χ4n) is 3.89. The number of thioether (sulfide) groups is 1. The van der Waals surface area contributed by atoms with E-state index in [9.17, 15) is 4.79 Å². The first-order chi connectivity index (χ1) is 16.4. The Morgan fingerprint density at radius 1 is 1.12 bits per heavy atom. The number of halogens is 1. The lowest BCUT2D eigenvalue weighted by Crippen LogP contribution is -2.34. The van der Waals surface area contributed by atoms with Crippen LogP contribution < -0.4 is 9.47 Å². The molecule has 8 heteroatoms. The summed E-state index contributed by atoms with van der Waals surface area (Å²) in [5.41, 5.74) is 4.41. The summed E-state index contributed by atoms with van der Waals surface area (Å²) in [5.74, 6) is 0.990. The van der Waals surface area contributed by atoms with Crippen molar-refractivity contribution in [3.05, 3.63) is 79.5 Å². The molecule has 2 aromatic rings. The third kappa shape index (κ3) is 5.12. The van der Waals surface area contributed by atoms with Gasteiger partial charge in [-0.3, -0.25) is 0 Å². The largest absolute Gasteiger partial charge is 0.490 e. The van der Waals surface area contributed by atoms with Crippen molar-refractivity contribution >= 4 is 45.5 Å².